The summed E-state index contributed by atoms with van der Waals surface area (Å²) in [5, 5.41) is 12.6. The van der Waals surface area contributed by atoms with Crippen molar-refractivity contribution in [2.24, 2.45) is 5.92 Å². The van der Waals surface area contributed by atoms with Crippen LogP contribution in [-0.4, -0.2) is 11.0 Å². The topological polar surface area (TPSA) is 48.7 Å². The summed E-state index contributed by atoms with van der Waals surface area (Å²) in [6.45, 7) is 10.6. The molecule has 1 aromatic rings. The van der Waals surface area contributed by atoms with Crippen molar-refractivity contribution in [2.75, 3.05) is 5.32 Å². The highest BCUT2D eigenvalue weighted by Crippen LogP contribution is 2.19. The molecule has 0 spiro atoms. The predicted molar refractivity (Wildman–Crippen MR) is 80.2 cm³/mol. The van der Waals surface area contributed by atoms with Crippen LogP contribution in [0.3, 0.4) is 0 Å². The van der Waals surface area contributed by atoms with E-state index in [0.717, 1.165) is 29.4 Å². The van der Waals surface area contributed by atoms with E-state index in [1.54, 1.807) is 0 Å². The van der Waals surface area contributed by atoms with Gasteiger partial charge in [0.15, 0.2) is 0 Å². The lowest BCUT2D eigenvalue weighted by Crippen LogP contribution is -2.17. The zero-order valence-corrected chi connectivity index (χ0v) is 12.7. The third-order valence-corrected chi connectivity index (χ3v) is 3.26. The zero-order chi connectivity index (χ0) is 14.4. The number of nitrogens with zero attached hydrogens (tertiary/aromatic N) is 2. The third kappa shape index (κ3) is 4.90. The van der Waals surface area contributed by atoms with Gasteiger partial charge in [0.05, 0.1) is 5.56 Å². The summed E-state index contributed by atoms with van der Waals surface area (Å²) < 4.78 is 0. The van der Waals surface area contributed by atoms with Gasteiger partial charge in [0, 0.05) is 11.7 Å². The normalized spacial score (nSPS) is 12.3. The third-order valence-electron chi connectivity index (χ3n) is 3.26. The molecule has 1 heterocycles. The average molecular weight is 259 g/mol. The van der Waals surface area contributed by atoms with Gasteiger partial charge in [0.25, 0.3) is 0 Å². The summed E-state index contributed by atoms with van der Waals surface area (Å²) in [5.74, 6) is 1.48. The molecule has 0 aliphatic heterocycles. The molecule has 0 saturated heterocycles. The summed E-state index contributed by atoms with van der Waals surface area (Å²) in [4.78, 5) is 4.45. The van der Waals surface area contributed by atoms with Gasteiger partial charge in [-0.05, 0) is 44.7 Å². The van der Waals surface area contributed by atoms with Gasteiger partial charge in [-0.1, -0.05) is 26.7 Å². The van der Waals surface area contributed by atoms with Crippen molar-refractivity contribution in [3.8, 4) is 6.07 Å². The van der Waals surface area contributed by atoms with Crippen molar-refractivity contribution in [1.82, 2.24) is 4.98 Å². The molecule has 1 rings (SSSR count). The van der Waals surface area contributed by atoms with Crippen molar-refractivity contribution in [3.05, 3.63) is 22.9 Å². The highest BCUT2D eigenvalue weighted by Gasteiger charge is 2.11. The molecule has 0 bridgehead atoms. The maximum atomic E-state index is 9.22. The molecular formula is C16H25N3. The summed E-state index contributed by atoms with van der Waals surface area (Å²) in [6, 6.07) is 4.54. The fourth-order valence-corrected chi connectivity index (χ4v) is 2.22. The molecule has 0 saturated carbocycles. The number of hydrogen-bond donors (Lipinski definition) is 1. The lowest BCUT2D eigenvalue weighted by molar-refractivity contribution is 0.520. The largest absolute Gasteiger partial charge is 0.367 e. The summed E-state index contributed by atoms with van der Waals surface area (Å²) in [6.07, 6.45) is 3.56. The molecule has 19 heavy (non-hydrogen) atoms. The Morgan fingerprint density at radius 3 is 2.53 bits per heavy atom. The van der Waals surface area contributed by atoms with E-state index in [4.69, 9.17) is 0 Å². The van der Waals surface area contributed by atoms with Crippen LogP contribution in [0, 0.1) is 31.1 Å². The van der Waals surface area contributed by atoms with Crippen LogP contribution in [0.4, 0.5) is 5.82 Å². The lowest BCUT2D eigenvalue weighted by atomic mass is 10.0. The summed E-state index contributed by atoms with van der Waals surface area (Å²) >= 11 is 0. The van der Waals surface area contributed by atoms with E-state index in [2.05, 4.69) is 37.1 Å². The van der Waals surface area contributed by atoms with Crippen molar-refractivity contribution in [1.29, 1.82) is 5.26 Å². The number of hydrogen-bond acceptors (Lipinski definition) is 3. The number of aromatic nitrogens is 1. The molecule has 1 atom stereocenters. The van der Waals surface area contributed by atoms with E-state index in [1.807, 2.05) is 19.9 Å². The number of anilines is 1. The van der Waals surface area contributed by atoms with Crippen LogP contribution in [0.25, 0.3) is 0 Å². The van der Waals surface area contributed by atoms with Crippen molar-refractivity contribution >= 4 is 5.82 Å². The highest BCUT2D eigenvalue weighted by molar-refractivity contribution is 5.56. The SMILES string of the molecule is Cc1cc(C)c(C#N)c(NC(C)CCCC(C)C)n1. The first kappa shape index (κ1) is 15.5. The zero-order valence-electron chi connectivity index (χ0n) is 12.7. The Morgan fingerprint density at radius 2 is 1.95 bits per heavy atom. The second-order valence-corrected chi connectivity index (χ2v) is 5.79. The standard InChI is InChI=1S/C16H25N3/c1-11(2)7-6-8-13(4)18-16-15(10-17)12(3)9-14(5)19-16/h9,11,13H,6-8H2,1-5H3,(H,18,19). The Morgan fingerprint density at radius 1 is 1.26 bits per heavy atom. The molecule has 0 aromatic carbocycles. The second kappa shape index (κ2) is 7.13. The van der Waals surface area contributed by atoms with Crippen LogP contribution in [0.15, 0.2) is 6.07 Å². The Labute approximate surface area is 117 Å². The molecular weight excluding hydrogens is 234 g/mol. The Hall–Kier alpha value is -1.56. The molecule has 0 fully saturated rings. The summed E-state index contributed by atoms with van der Waals surface area (Å²) in [7, 11) is 0. The highest BCUT2D eigenvalue weighted by atomic mass is 15.0. The second-order valence-electron chi connectivity index (χ2n) is 5.79. The van der Waals surface area contributed by atoms with Gasteiger partial charge in [-0.3, -0.25) is 0 Å². The van der Waals surface area contributed by atoms with Crippen LogP contribution in [0.2, 0.25) is 0 Å². The number of nitriles is 1. The van der Waals surface area contributed by atoms with Gasteiger partial charge in [-0.2, -0.15) is 5.26 Å². The molecule has 3 heteroatoms. The maximum Gasteiger partial charge on any atom is 0.144 e. The summed E-state index contributed by atoms with van der Waals surface area (Å²) in [5.41, 5.74) is 2.61. The Kier molecular flexibility index (Phi) is 5.82. The molecule has 1 N–H and O–H groups in total. The average Bonchev–Trinajstić information content (AvgIpc) is 2.27. The van der Waals surface area contributed by atoms with Gasteiger partial charge in [0.2, 0.25) is 0 Å². The van der Waals surface area contributed by atoms with Crippen LogP contribution >= 0.6 is 0 Å². The van der Waals surface area contributed by atoms with Crippen LogP contribution < -0.4 is 5.32 Å². The van der Waals surface area contributed by atoms with Crippen LogP contribution in [0.1, 0.15) is 56.9 Å². The molecule has 1 aromatic heterocycles. The van der Waals surface area contributed by atoms with Crippen molar-refractivity contribution < 1.29 is 0 Å². The van der Waals surface area contributed by atoms with E-state index in [9.17, 15) is 5.26 Å². The van der Waals surface area contributed by atoms with Crippen molar-refractivity contribution in [2.45, 2.75) is 59.9 Å². The minimum atomic E-state index is 0.347. The molecule has 0 radical (unpaired) electrons. The Balaban J connectivity index is 2.69. The number of nitrogens with one attached hydrogen (secondary N) is 1. The molecule has 1 unspecified atom stereocenters. The van der Waals surface area contributed by atoms with E-state index >= 15 is 0 Å². The first-order valence-electron chi connectivity index (χ1n) is 7.09. The fraction of sp³-hybridized carbons (Fsp3) is 0.625. The molecule has 3 nitrogen and oxygen atoms in total. The van der Waals surface area contributed by atoms with Crippen molar-refractivity contribution in [3.63, 3.8) is 0 Å². The molecule has 0 aliphatic carbocycles. The van der Waals surface area contributed by atoms with Gasteiger partial charge in [-0.25, -0.2) is 4.98 Å². The van der Waals surface area contributed by atoms with E-state index in [-0.39, 0.29) is 0 Å². The smallest absolute Gasteiger partial charge is 0.144 e. The predicted octanol–water partition coefficient (Wildman–Crippen LogP) is 4.20. The maximum absolute atomic E-state index is 9.22. The fourth-order valence-electron chi connectivity index (χ4n) is 2.22. The van der Waals surface area contributed by atoms with Crippen LogP contribution in [0.5, 0.6) is 0 Å². The minimum absolute atomic E-state index is 0.347. The lowest BCUT2D eigenvalue weighted by Gasteiger charge is -2.17. The monoisotopic (exact) mass is 259 g/mol. The van der Waals surface area contributed by atoms with E-state index in [1.165, 1.54) is 12.8 Å². The van der Waals surface area contributed by atoms with E-state index in [0.29, 0.717) is 11.6 Å². The first-order chi connectivity index (χ1) is 8.93. The van der Waals surface area contributed by atoms with Gasteiger partial charge >= 0.3 is 0 Å². The number of pyridine rings is 1. The number of aryl methyl sites for hydroxylation is 2. The number of rotatable bonds is 6. The van der Waals surface area contributed by atoms with E-state index < -0.39 is 0 Å². The minimum Gasteiger partial charge on any atom is -0.367 e. The van der Waals surface area contributed by atoms with Gasteiger partial charge in [0.1, 0.15) is 11.9 Å². The van der Waals surface area contributed by atoms with Gasteiger partial charge in [-0.15, -0.1) is 0 Å². The van der Waals surface area contributed by atoms with Gasteiger partial charge < -0.3 is 5.32 Å². The quantitative estimate of drug-likeness (QED) is 0.833. The first-order valence-corrected chi connectivity index (χ1v) is 7.09. The Bertz CT molecular complexity index is 458. The molecule has 0 amide bonds. The molecule has 104 valence electrons. The van der Waals surface area contributed by atoms with Crippen LogP contribution in [-0.2, 0) is 0 Å². The molecule has 0 aliphatic rings.